The minimum atomic E-state index is -0.901. The molecule has 0 aliphatic heterocycles. The van der Waals surface area contributed by atoms with Crippen LogP contribution < -0.4 is 9.47 Å². The summed E-state index contributed by atoms with van der Waals surface area (Å²) in [6.45, 7) is 5.71. The van der Waals surface area contributed by atoms with Crippen LogP contribution >= 0.6 is 0 Å². The van der Waals surface area contributed by atoms with E-state index in [2.05, 4.69) is 26.6 Å². The fraction of sp³-hybridized carbons (Fsp3) is 0.273. The minimum Gasteiger partial charge on any atom is -0.480 e. The van der Waals surface area contributed by atoms with Gasteiger partial charge in [0.1, 0.15) is 0 Å². The van der Waals surface area contributed by atoms with Crippen molar-refractivity contribution in [3.05, 3.63) is 71.7 Å². The predicted octanol–water partition coefficient (Wildman–Crippen LogP) is 4.20. The van der Waals surface area contributed by atoms with E-state index in [0.717, 1.165) is 16.9 Å². The van der Waals surface area contributed by atoms with E-state index in [0.29, 0.717) is 28.8 Å². The SMILES string of the molecule is C=C(c1ncc(F)n1/N=C(\C)c1cnc(OC)nc1OC)[C@H]1C[C@@H]1c1ccc(F)c(F)c1. The molecule has 1 aliphatic rings. The van der Waals surface area contributed by atoms with Gasteiger partial charge < -0.3 is 9.47 Å². The van der Waals surface area contributed by atoms with E-state index in [4.69, 9.17) is 9.47 Å². The standard InChI is InChI=1S/C22H20F3N5O2/c1-11(14-8-15(14)13-5-6-17(23)18(24)7-13)20-26-10-19(25)30(20)29-12(2)16-9-27-22(32-4)28-21(16)31-3/h5-7,9-10,14-15H,1,8H2,2-4H3/b29-12+/t14-,15-/m1/s1. The summed E-state index contributed by atoms with van der Waals surface area (Å²) < 4.78 is 52.6. The van der Waals surface area contributed by atoms with Crippen molar-refractivity contribution in [3.63, 3.8) is 0 Å². The molecular weight excluding hydrogens is 423 g/mol. The Bertz CT molecular complexity index is 1220. The molecule has 2 atom stereocenters. The Morgan fingerprint density at radius 2 is 1.91 bits per heavy atom. The van der Waals surface area contributed by atoms with Crippen LogP contribution in [0.1, 0.15) is 36.2 Å². The molecule has 0 spiro atoms. The van der Waals surface area contributed by atoms with Gasteiger partial charge in [-0.3, -0.25) is 0 Å². The number of aromatic nitrogens is 4. The van der Waals surface area contributed by atoms with Crippen molar-refractivity contribution in [1.29, 1.82) is 0 Å². The number of ether oxygens (including phenoxy) is 2. The predicted molar refractivity (Wildman–Crippen MR) is 111 cm³/mol. The molecule has 0 saturated heterocycles. The summed E-state index contributed by atoms with van der Waals surface area (Å²) in [5.41, 5.74) is 2.04. The molecule has 1 aromatic carbocycles. The molecule has 0 bridgehead atoms. The van der Waals surface area contributed by atoms with Crippen molar-refractivity contribution in [2.24, 2.45) is 11.0 Å². The largest absolute Gasteiger partial charge is 0.480 e. The Hall–Kier alpha value is -3.69. The van der Waals surface area contributed by atoms with Crippen molar-refractivity contribution >= 4 is 11.3 Å². The summed E-state index contributed by atoms with van der Waals surface area (Å²) in [6.07, 6.45) is 3.18. The number of hydrogen-bond donors (Lipinski definition) is 0. The summed E-state index contributed by atoms with van der Waals surface area (Å²) >= 11 is 0. The molecule has 0 N–H and O–H groups in total. The average Bonchev–Trinajstić information content (AvgIpc) is 3.52. The number of hydrogen-bond acceptors (Lipinski definition) is 6. The summed E-state index contributed by atoms with van der Waals surface area (Å²) in [4.78, 5) is 12.3. The first kappa shape index (κ1) is 21.5. The number of methoxy groups -OCH3 is 2. The normalized spacial score (nSPS) is 17.9. The van der Waals surface area contributed by atoms with Crippen LogP contribution in [0.15, 0.2) is 42.3 Å². The Kier molecular flexibility index (Phi) is 5.68. The molecule has 0 amide bonds. The molecule has 166 valence electrons. The molecule has 1 aliphatic carbocycles. The molecule has 2 aromatic heterocycles. The summed E-state index contributed by atoms with van der Waals surface area (Å²) in [6, 6.07) is 3.94. The van der Waals surface area contributed by atoms with Crippen LogP contribution in [0.3, 0.4) is 0 Å². The van der Waals surface area contributed by atoms with Crippen LogP contribution in [0, 0.1) is 23.5 Å². The Balaban J connectivity index is 1.61. The molecule has 0 radical (unpaired) electrons. The first-order chi connectivity index (χ1) is 15.3. The second kappa shape index (κ2) is 8.45. The molecule has 10 heteroatoms. The first-order valence-electron chi connectivity index (χ1n) is 9.72. The van der Waals surface area contributed by atoms with Gasteiger partial charge in [0.15, 0.2) is 17.5 Å². The third-order valence-electron chi connectivity index (χ3n) is 5.34. The summed E-state index contributed by atoms with van der Waals surface area (Å²) in [7, 11) is 2.87. The van der Waals surface area contributed by atoms with Crippen molar-refractivity contribution in [2.75, 3.05) is 14.2 Å². The van der Waals surface area contributed by atoms with Gasteiger partial charge in [0, 0.05) is 6.20 Å². The Morgan fingerprint density at radius 1 is 1.12 bits per heavy atom. The lowest BCUT2D eigenvalue weighted by Gasteiger charge is -2.10. The zero-order chi connectivity index (χ0) is 23.0. The van der Waals surface area contributed by atoms with Crippen LogP contribution in [-0.2, 0) is 0 Å². The van der Waals surface area contributed by atoms with Gasteiger partial charge in [-0.15, -0.1) is 0 Å². The molecule has 1 saturated carbocycles. The molecule has 0 unspecified atom stereocenters. The van der Waals surface area contributed by atoms with Gasteiger partial charge in [0.05, 0.1) is 31.7 Å². The molecule has 4 rings (SSSR count). The number of rotatable bonds is 7. The van der Waals surface area contributed by atoms with Crippen LogP contribution in [0.25, 0.3) is 5.57 Å². The number of halogens is 3. The zero-order valence-electron chi connectivity index (χ0n) is 17.6. The maximum Gasteiger partial charge on any atom is 0.319 e. The van der Waals surface area contributed by atoms with Crippen LogP contribution in [0.2, 0.25) is 0 Å². The van der Waals surface area contributed by atoms with Gasteiger partial charge >= 0.3 is 6.01 Å². The number of benzene rings is 1. The van der Waals surface area contributed by atoms with Crippen LogP contribution in [0.4, 0.5) is 13.2 Å². The number of imidazole rings is 1. The van der Waals surface area contributed by atoms with Gasteiger partial charge in [-0.2, -0.15) is 19.2 Å². The lowest BCUT2D eigenvalue weighted by Crippen LogP contribution is -2.09. The highest BCUT2D eigenvalue weighted by Gasteiger charge is 2.42. The number of nitrogens with zero attached hydrogens (tertiary/aromatic N) is 5. The van der Waals surface area contributed by atoms with Crippen molar-refractivity contribution in [1.82, 2.24) is 19.6 Å². The van der Waals surface area contributed by atoms with E-state index in [9.17, 15) is 13.2 Å². The summed E-state index contributed by atoms with van der Waals surface area (Å²) in [5, 5.41) is 4.33. The molecule has 7 nitrogen and oxygen atoms in total. The van der Waals surface area contributed by atoms with E-state index in [-0.39, 0.29) is 29.6 Å². The highest BCUT2D eigenvalue weighted by molar-refractivity contribution is 6.00. The van der Waals surface area contributed by atoms with Gasteiger partial charge in [0.2, 0.25) is 11.8 Å². The molecule has 1 fully saturated rings. The Morgan fingerprint density at radius 3 is 2.59 bits per heavy atom. The quantitative estimate of drug-likeness (QED) is 0.512. The zero-order valence-corrected chi connectivity index (χ0v) is 17.6. The van der Waals surface area contributed by atoms with Crippen LogP contribution in [-0.4, -0.2) is 39.6 Å². The van der Waals surface area contributed by atoms with E-state index >= 15 is 0 Å². The van der Waals surface area contributed by atoms with Crippen LogP contribution in [0.5, 0.6) is 11.9 Å². The second-order valence-electron chi connectivity index (χ2n) is 7.33. The maximum absolute atomic E-state index is 14.5. The second-order valence-corrected chi connectivity index (χ2v) is 7.33. The molecule has 2 heterocycles. The topological polar surface area (TPSA) is 74.4 Å². The fourth-order valence-electron chi connectivity index (χ4n) is 3.55. The van der Waals surface area contributed by atoms with Crippen molar-refractivity contribution in [3.8, 4) is 11.9 Å². The smallest absolute Gasteiger partial charge is 0.319 e. The highest BCUT2D eigenvalue weighted by Crippen LogP contribution is 2.54. The first-order valence-corrected chi connectivity index (χ1v) is 9.72. The minimum absolute atomic E-state index is 0.0500. The molecule has 3 aromatic rings. The number of allylic oxidation sites excluding steroid dienone is 1. The van der Waals surface area contributed by atoms with Crippen molar-refractivity contribution < 1.29 is 22.6 Å². The highest BCUT2D eigenvalue weighted by atomic mass is 19.2. The van der Waals surface area contributed by atoms with Gasteiger partial charge in [-0.1, -0.05) is 12.6 Å². The van der Waals surface area contributed by atoms with Gasteiger partial charge in [-0.05, 0) is 48.4 Å². The van der Waals surface area contributed by atoms with Gasteiger partial charge in [-0.25, -0.2) is 18.7 Å². The Labute approximate surface area is 182 Å². The molecular formula is C22H20F3N5O2. The maximum atomic E-state index is 14.5. The average molecular weight is 443 g/mol. The summed E-state index contributed by atoms with van der Waals surface area (Å²) in [5.74, 6) is -2.16. The third kappa shape index (κ3) is 3.95. The van der Waals surface area contributed by atoms with E-state index in [1.54, 1.807) is 13.0 Å². The van der Waals surface area contributed by atoms with E-state index in [1.165, 1.54) is 26.5 Å². The van der Waals surface area contributed by atoms with Crippen molar-refractivity contribution in [2.45, 2.75) is 19.3 Å². The lowest BCUT2D eigenvalue weighted by molar-refractivity contribution is 0.351. The lowest BCUT2D eigenvalue weighted by atomic mass is 10.1. The third-order valence-corrected chi connectivity index (χ3v) is 5.34. The molecule has 32 heavy (non-hydrogen) atoms. The van der Waals surface area contributed by atoms with E-state index < -0.39 is 17.6 Å². The monoisotopic (exact) mass is 443 g/mol. The fourth-order valence-corrected chi connectivity index (χ4v) is 3.55. The van der Waals surface area contributed by atoms with Gasteiger partial charge in [0.25, 0.3) is 0 Å². The van der Waals surface area contributed by atoms with E-state index in [1.807, 2.05) is 0 Å².